The van der Waals surface area contributed by atoms with Gasteiger partial charge in [0.2, 0.25) is 0 Å². The van der Waals surface area contributed by atoms with Crippen LogP contribution in [0, 0.1) is 11.3 Å². The first kappa shape index (κ1) is 17.4. The average molecular weight is 341 g/mol. The number of benzene rings is 1. The third-order valence-electron chi connectivity index (χ3n) is 7.03. The second-order valence-corrected chi connectivity index (χ2v) is 9.78. The molecule has 1 aliphatic carbocycles. The van der Waals surface area contributed by atoms with Crippen molar-refractivity contribution in [2.24, 2.45) is 11.3 Å². The Balaban J connectivity index is 1.55. The van der Waals surface area contributed by atoms with Crippen LogP contribution in [-0.2, 0) is 6.54 Å². The molecule has 2 heterocycles. The molecule has 1 aromatic rings. The van der Waals surface area contributed by atoms with Gasteiger partial charge in [-0.15, -0.1) is 0 Å². The van der Waals surface area contributed by atoms with Crippen molar-refractivity contribution in [2.75, 3.05) is 18.4 Å². The highest BCUT2D eigenvalue weighted by molar-refractivity contribution is 5.56. The molecule has 2 fully saturated rings. The Morgan fingerprint density at radius 2 is 1.84 bits per heavy atom. The molecule has 138 valence electrons. The fraction of sp³-hybridized carbons (Fsp3) is 0.739. The largest absolute Gasteiger partial charge is 0.385 e. The van der Waals surface area contributed by atoms with E-state index in [-0.39, 0.29) is 0 Å². The molecule has 2 heteroatoms. The second kappa shape index (κ2) is 6.95. The standard InChI is InChI=1S/C23H36N2/c1-23(2,3)20-12-13-24-21-11-10-17(15-19(20)21)16-25-14-6-8-18-7-4-5-9-22(18)25/h10-11,15,18,20,22,24H,4-9,12-14,16H2,1-3H3. The third-order valence-corrected chi connectivity index (χ3v) is 7.03. The lowest BCUT2D eigenvalue weighted by atomic mass is 9.72. The molecule has 4 rings (SSSR count). The van der Waals surface area contributed by atoms with Gasteiger partial charge in [0.05, 0.1) is 0 Å². The number of rotatable bonds is 2. The monoisotopic (exact) mass is 340 g/mol. The lowest BCUT2D eigenvalue weighted by molar-refractivity contribution is 0.0547. The molecule has 0 radical (unpaired) electrons. The molecule has 0 aromatic heterocycles. The van der Waals surface area contributed by atoms with E-state index in [1.165, 1.54) is 62.7 Å². The van der Waals surface area contributed by atoms with Gasteiger partial charge in [0.15, 0.2) is 0 Å². The molecule has 3 atom stereocenters. The lowest BCUT2D eigenvalue weighted by Gasteiger charge is -2.44. The van der Waals surface area contributed by atoms with Crippen molar-refractivity contribution in [1.82, 2.24) is 4.90 Å². The van der Waals surface area contributed by atoms with Crippen molar-refractivity contribution < 1.29 is 0 Å². The van der Waals surface area contributed by atoms with E-state index in [0.717, 1.165) is 25.0 Å². The van der Waals surface area contributed by atoms with E-state index in [1.807, 2.05) is 0 Å². The van der Waals surface area contributed by atoms with Gasteiger partial charge < -0.3 is 5.32 Å². The molecular formula is C23H36N2. The fourth-order valence-electron chi connectivity index (χ4n) is 5.72. The predicted molar refractivity (Wildman–Crippen MR) is 107 cm³/mol. The van der Waals surface area contributed by atoms with E-state index in [9.17, 15) is 0 Å². The van der Waals surface area contributed by atoms with Crippen molar-refractivity contribution in [3.63, 3.8) is 0 Å². The van der Waals surface area contributed by atoms with E-state index < -0.39 is 0 Å². The van der Waals surface area contributed by atoms with Crippen LogP contribution in [0.1, 0.15) is 82.8 Å². The Hall–Kier alpha value is -1.02. The highest BCUT2D eigenvalue weighted by atomic mass is 15.2. The minimum atomic E-state index is 0.342. The second-order valence-electron chi connectivity index (χ2n) is 9.78. The van der Waals surface area contributed by atoms with Crippen LogP contribution < -0.4 is 5.32 Å². The first-order valence-corrected chi connectivity index (χ1v) is 10.6. The summed E-state index contributed by atoms with van der Waals surface area (Å²) < 4.78 is 0. The summed E-state index contributed by atoms with van der Waals surface area (Å²) in [5.41, 5.74) is 4.81. The summed E-state index contributed by atoms with van der Waals surface area (Å²) in [4.78, 5) is 2.82. The van der Waals surface area contributed by atoms with Gasteiger partial charge >= 0.3 is 0 Å². The molecule has 0 amide bonds. The first-order chi connectivity index (χ1) is 12.0. The van der Waals surface area contributed by atoms with Crippen LogP contribution in [0.4, 0.5) is 5.69 Å². The highest BCUT2D eigenvalue weighted by Crippen LogP contribution is 2.44. The van der Waals surface area contributed by atoms with Gasteiger partial charge in [-0.3, -0.25) is 4.90 Å². The number of likely N-dealkylation sites (tertiary alicyclic amines) is 1. The number of fused-ring (bicyclic) bond motifs is 2. The molecule has 2 aliphatic heterocycles. The number of anilines is 1. The van der Waals surface area contributed by atoms with Crippen LogP contribution >= 0.6 is 0 Å². The number of piperidine rings is 1. The quantitative estimate of drug-likeness (QED) is 0.733. The Morgan fingerprint density at radius 3 is 2.68 bits per heavy atom. The van der Waals surface area contributed by atoms with E-state index in [1.54, 1.807) is 5.56 Å². The van der Waals surface area contributed by atoms with Crippen LogP contribution in [-0.4, -0.2) is 24.0 Å². The summed E-state index contributed by atoms with van der Waals surface area (Å²) in [7, 11) is 0. The van der Waals surface area contributed by atoms with Gasteiger partial charge in [0.1, 0.15) is 0 Å². The molecule has 0 spiro atoms. The zero-order valence-corrected chi connectivity index (χ0v) is 16.5. The molecule has 0 bridgehead atoms. The van der Waals surface area contributed by atoms with Gasteiger partial charge in [-0.1, -0.05) is 45.7 Å². The summed E-state index contributed by atoms with van der Waals surface area (Å²) >= 11 is 0. The zero-order chi connectivity index (χ0) is 17.4. The van der Waals surface area contributed by atoms with Crippen LogP contribution in [0.25, 0.3) is 0 Å². The predicted octanol–water partition coefficient (Wildman–Crippen LogP) is 5.79. The smallest absolute Gasteiger partial charge is 0.0375 e. The van der Waals surface area contributed by atoms with E-state index in [2.05, 4.69) is 49.2 Å². The number of hydrogen-bond donors (Lipinski definition) is 1. The summed E-state index contributed by atoms with van der Waals surface area (Å²) in [5.74, 6) is 1.65. The summed E-state index contributed by atoms with van der Waals surface area (Å²) in [5, 5.41) is 3.63. The van der Waals surface area contributed by atoms with Crippen LogP contribution in [0.2, 0.25) is 0 Å². The molecule has 3 unspecified atom stereocenters. The van der Waals surface area contributed by atoms with Gasteiger partial charge in [0, 0.05) is 24.8 Å². The van der Waals surface area contributed by atoms with Crippen molar-refractivity contribution in [2.45, 2.75) is 84.2 Å². The van der Waals surface area contributed by atoms with Crippen molar-refractivity contribution in [3.8, 4) is 0 Å². The van der Waals surface area contributed by atoms with Crippen LogP contribution in [0.15, 0.2) is 18.2 Å². The Kier molecular flexibility index (Phi) is 4.83. The molecule has 1 N–H and O–H groups in total. The fourth-order valence-corrected chi connectivity index (χ4v) is 5.72. The van der Waals surface area contributed by atoms with Crippen molar-refractivity contribution in [1.29, 1.82) is 0 Å². The molecule has 25 heavy (non-hydrogen) atoms. The van der Waals surface area contributed by atoms with Gasteiger partial charge in [-0.05, 0) is 73.1 Å². The minimum Gasteiger partial charge on any atom is -0.385 e. The molecule has 1 saturated carbocycles. The third kappa shape index (κ3) is 3.60. The molecule has 2 nitrogen and oxygen atoms in total. The highest BCUT2D eigenvalue weighted by Gasteiger charge is 2.34. The van der Waals surface area contributed by atoms with Crippen molar-refractivity contribution >= 4 is 5.69 Å². The number of nitrogens with zero attached hydrogens (tertiary/aromatic N) is 1. The van der Waals surface area contributed by atoms with E-state index >= 15 is 0 Å². The van der Waals surface area contributed by atoms with Gasteiger partial charge in [0.25, 0.3) is 0 Å². The molecule has 1 aromatic carbocycles. The van der Waals surface area contributed by atoms with Gasteiger partial charge in [-0.2, -0.15) is 0 Å². The summed E-state index contributed by atoms with van der Waals surface area (Å²) in [6, 6.07) is 8.12. The lowest BCUT2D eigenvalue weighted by Crippen LogP contribution is -2.46. The average Bonchev–Trinajstić information content (AvgIpc) is 2.61. The topological polar surface area (TPSA) is 15.3 Å². The number of hydrogen-bond acceptors (Lipinski definition) is 2. The molecule has 3 aliphatic rings. The van der Waals surface area contributed by atoms with Crippen LogP contribution in [0.5, 0.6) is 0 Å². The Bertz CT molecular complexity index is 599. The van der Waals surface area contributed by atoms with Gasteiger partial charge in [-0.25, -0.2) is 0 Å². The maximum atomic E-state index is 3.63. The molecular weight excluding hydrogens is 304 g/mol. The Morgan fingerprint density at radius 1 is 1.04 bits per heavy atom. The minimum absolute atomic E-state index is 0.342. The first-order valence-electron chi connectivity index (χ1n) is 10.6. The Labute approximate surface area is 154 Å². The zero-order valence-electron chi connectivity index (χ0n) is 16.5. The summed E-state index contributed by atoms with van der Waals surface area (Å²) in [6.07, 6.45) is 9.95. The van der Waals surface area contributed by atoms with Crippen LogP contribution in [0.3, 0.4) is 0 Å². The molecule has 1 saturated heterocycles. The SMILES string of the molecule is CC(C)(C)C1CCNc2ccc(CN3CCCC4CCCCC43)cc21. The summed E-state index contributed by atoms with van der Waals surface area (Å²) in [6.45, 7) is 10.8. The normalized spacial score (nSPS) is 30.3. The van der Waals surface area contributed by atoms with Crippen molar-refractivity contribution in [3.05, 3.63) is 29.3 Å². The van der Waals surface area contributed by atoms with E-state index in [4.69, 9.17) is 0 Å². The number of nitrogens with one attached hydrogen (secondary N) is 1. The maximum absolute atomic E-state index is 3.63. The maximum Gasteiger partial charge on any atom is 0.0375 e. The van der Waals surface area contributed by atoms with E-state index in [0.29, 0.717) is 11.3 Å².